The third-order valence-electron chi connectivity index (χ3n) is 1.92. The van der Waals surface area contributed by atoms with E-state index in [1.54, 1.807) is 23.5 Å². The van der Waals surface area contributed by atoms with Crippen molar-refractivity contribution >= 4 is 35.5 Å². The number of ether oxygens (including phenoxy) is 2. The Hall–Kier alpha value is -0.880. The van der Waals surface area contributed by atoms with Crippen molar-refractivity contribution in [2.75, 3.05) is 19.0 Å². The van der Waals surface area contributed by atoms with E-state index in [1.165, 1.54) is 0 Å². The molecule has 1 heterocycles. The largest absolute Gasteiger partial charge is 0.461 e. The maximum Gasteiger partial charge on any atom is 0.330 e. The number of thioether (sulfide) groups is 2. The lowest BCUT2D eigenvalue weighted by Gasteiger charge is -2.10. The van der Waals surface area contributed by atoms with Gasteiger partial charge in [0.15, 0.2) is 0 Å². The van der Waals surface area contributed by atoms with Gasteiger partial charge in [0.25, 0.3) is 0 Å². The second-order valence-corrected chi connectivity index (χ2v) is 6.23. The average molecular weight is 306 g/mol. The van der Waals surface area contributed by atoms with Crippen LogP contribution < -0.4 is 0 Å². The third-order valence-corrected chi connectivity index (χ3v) is 5.10. The second-order valence-electron chi connectivity index (χ2n) is 3.19. The second kappa shape index (κ2) is 11.0. The molecule has 1 rings (SSSR count). The molecule has 1 fully saturated rings. The molecule has 0 aromatic carbocycles. The number of carbonyl (C=O) groups is 2. The Morgan fingerprint density at radius 3 is 2.16 bits per heavy atom. The quantitative estimate of drug-likeness (QED) is 0.555. The highest BCUT2D eigenvalue weighted by Gasteiger charge is 2.27. The molecule has 0 spiro atoms. The summed E-state index contributed by atoms with van der Waals surface area (Å²) < 4.78 is 10.1. The molecular weight excluding hydrogens is 284 g/mol. The van der Waals surface area contributed by atoms with E-state index in [-0.39, 0.29) is 24.7 Å². The fourth-order valence-corrected chi connectivity index (χ4v) is 4.11. The van der Waals surface area contributed by atoms with Crippen LogP contribution in [-0.2, 0) is 19.1 Å². The van der Waals surface area contributed by atoms with Crippen LogP contribution in [0.2, 0.25) is 0 Å². The van der Waals surface area contributed by atoms with E-state index >= 15 is 0 Å². The molecule has 0 aromatic rings. The Morgan fingerprint density at radius 2 is 1.63 bits per heavy atom. The van der Waals surface area contributed by atoms with Crippen LogP contribution >= 0.6 is 23.5 Å². The van der Waals surface area contributed by atoms with Crippen LogP contribution in [0.4, 0.5) is 0 Å². The van der Waals surface area contributed by atoms with E-state index in [1.807, 2.05) is 0 Å². The molecule has 0 N–H and O–H groups in total. The molecule has 0 bridgehead atoms. The summed E-state index contributed by atoms with van der Waals surface area (Å²) in [6.45, 7) is 7.37. The first kappa shape index (κ1) is 20.4. The van der Waals surface area contributed by atoms with Crippen LogP contribution in [0.15, 0.2) is 25.3 Å². The lowest BCUT2D eigenvalue weighted by atomic mass is 10.5. The molecule has 0 aliphatic carbocycles. The fourth-order valence-electron chi connectivity index (χ4n) is 1.13. The van der Waals surface area contributed by atoms with Gasteiger partial charge in [-0.25, -0.2) is 9.59 Å². The number of rotatable bonds is 6. The fraction of sp³-hybridized carbons (Fsp3) is 0.538. The molecule has 0 amide bonds. The molecule has 1 aliphatic rings. The SMILES string of the molecule is C.C.C=CC(=O)OCC1CSC(COC(=O)C=C)S1. The molecule has 4 nitrogen and oxygen atoms in total. The molecule has 2 atom stereocenters. The summed E-state index contributed by atoms with van der Waals surface area (Å²) in [6, 6.07) is 0. The topological polar surface area (TPSA) is 52.6 Å². The summed E-state index contributed by atoms with van der Waals surface area (Å²) in [5, 5.41) is 0.247. The minimum absolute atomic E-state index is 0. The van der Waals surface area contributed by atoms with Gasteiger partial charge in [-0.2, -0.15) is 0 Å². The molecular formula is C13H22O4S2. The Morgan fingerprint density at radius 1 is 1.11 bits per heavy atom. The summed E-state index contributed by atoms with van der Waals surface area (Å²) in [7, 11) is 0. The first-order chi connectivity index (χ1) is 8.15. The molecule has 0 radical (unpaired) electrons. The van der Waals surface area contributed by atoms with Gasteiger partial charge in [-0.15, -0.1) is 23.5 Å². The Bertz CT molecular complexity index is 288. The summed E-state index contributed by atoms with van der Waals surface area (Å²) in [4.78, 5) is 21.7. The van der Waals surface area contributed by atoms with E-state index in [9.17, 15) is 9.59 Å². The van der Waals surface area contributed by atoms with Gasteiger partial charge in [-0.1, -0.05) is 28.0 Å². The molecule has 0 aromatic heterocycles. The monoisotopic (exact) mass is 306 g/mol. The van der Waals surface area contributed by atoms with Crippen molar-refractivity contribution in [3.05, 3.63) is 25.3 Å². The van der Waals surface area contributed by atoms with Gasteiger partial charge < -0.3 is 9.47 Å². The van der Waals surface area contributed by atoms with Crippen molar-refractivity contribution in [2.24, 2.45) is 0 Å². The zero-order valence-corrected chi connectivity index (χ0v) is 10.9. The van der Waals surface area contributed by atoms with Crippen LogP contribution in [-0.4, -0.2) is 40.7 Å². The minimum Gasteiger partial charge on any atom is -0.461 e. The normalized spacial score (nSPS) is 20.4. The predicted octanol–water partition coefficient (Wildman–Crippen LogP) is 2.89. The van der Waals surface area contributed by atoms with Gasteiger partial charge in [-0.05, 0) is 0 Å². The Balaban J connectivity index is 0. The van der Waals surface area contributed by atoms with Gasteiger partial charge >= 0.3 is 11.9 Å². The smallest absolute Gasteiger partial charge is 0.330 e. The average Bonchev–Trinajstić information content (AvgIpc) is 2.80. The van der Waals surface area contributed by atoms with E-state index < -0.39 is 11.9 Å². The van der Waals surface area contributed by atoms with Gasteiger partial charge in [0.2, 0.25) is 0 Å². The lowest BCUT2D eigenvalue weighted by Crippen LogP contribution is -2.15. The number of hydrogen-bond acceptors (Lipinski definition) is 6. The summed E-state index contributed by atoms with van der Waals surface area (Å²) in [6.07, 6.45) is 2.30. The van der Waals surface area contributed by atoms with Crippen LogP contribution in [0.5, 0.6) is 0 Å². The molecule has 1 aliphatic heterocycles. The molecule has 6 heteroatoms. The Kier molecular flexibility index (Phi) is 11.8. The van der Waals surface area contributed by atoms with Gasteiger partial charge in [0.1, 0.15) is 13.2 Å². The molecule has 19 heavy (non-hydrogen) atoms. The maximum absolute atomic E-state index is 10.9. The van der Waals surface area contributed by atoms with Crippen molar-refractivity contribution in [3.8, 4) is 0 Å². The van der Waals surface area contributed by atoms with E-state index in [2.05, 4.69) is 13.2 Å². The van der Waals surface area contributed by atoms with E-state index in [0.717, 1.165) is 17.9 Å². The third kappa shape index (κ3) is 8.00. The number of esters is 2. The lowest BCUT2D eigenvalue weighted by molar-refractivity contribution is -0.138. The highest BCUT2D eigenvalue weighted by Crippen LogP contribution is 2.38. The molecule has 0 saturated carbocycles. The van der Waals surface area contributed by atoms with Gasteiger partial charge in [0, 0.05) is 23.2 Å². The summed E-state index contributed by atoms with van der Waals surface area (Å²) in [5.41, 5.74) is 0. The van der Waals surface area contributed by atoms with Crippen molar-refractivity contribution < 1.29 is 19.1 Å². The van der Waals surface area contributed by atoms with E-state index in [4.69, 9.17) is 9.47 Å². The minimum atomic E-state index is -0.410. The van der Waals surface area contributed by atoms with Crippen molar-refractivity contribution in [3.63, 3.8) is 0 Å². The highest BCUT2D eigenvalue weighted by atomic mass is 32.2. The Labute approximate surface area is 124 Å². The predicted molar refractivity (Wildman–Crippen MR) is 83.4 cm³/mol. The molecule has 2 unspecified atom stereocenters. The summed E-state index contributed by atoms with van der Waals surface area (Å²) in [5.74, 6) is 0.0654. The van der Waals surface area contributed by atoms with Crippen molar-refractivity contribution in [1.29, 1.82) is 0 Å². The first-order valence-corrected chi connectivity index (χ1v) is 7.00. The maximum atomic E-state index is 10.9. The van der Waals surface area contributed by atoms with Crippen molar-refractivity contribution in [2.45, 2.75) is 24.7 Å². The van der Waals surface area contributed by atoms with Crippen LogP contribution in [0.3, 0.4) is 0 Å². The molecule has 110 valence electrons. The summed E-state index contributed by atoms with van der Waals surface area (Å²) >= 11 is 3.35. The number of hydrogen-bond donors (Lipinski definition) is 0. The zero-order valence-electron chi connectivity index (χ0n) is 9.29. The van der Waals surface area contributed by atoms with Gasteiger partial charge in [0.05, 0.1) is 4.58 Å². The van der Waals surface area contributed by atoms with Crippen molar-refractivity contribution in [1.82, 2.24) is 0 Å². The first-order valence-electron chi connectivity index (χ1n) is 5.01. The van der Waals surface area contributed by atoms with Crippen LogP contribution in [0, 0.1) is 0 Å². The highest BCUT2D eigenvalue weighted by molar-refractivity contribution is 8.20. The molecule has 1 saturated heterocycles. The number of carbonyl (C=O) groups excluding carboxylic acids is 2. The van der Waals surface area contributed by atoms with Gasteiger partial charge in [-0.3, -0.25) is 0 Å². The standard InChI is InChI=1S/C11H14O4S2.2CH4/c1-3-9(12)14-5-8-7-16-11(17-8)6-15-10(13)4-2;;/h3-4,8,11H,1-2,5-7H2;2*1H4. The zero-order chi connectivity index (χ0) is 12.7. The van der Waals surface area contributed by atoms with E-state index in [0.29, 0.717) is 13.2 Å². The van der Waals surface area contributed by atoms with Crippen LogP contribution in [0.25, 0.3) is 0 Å². The van der Waals surface area contributed by atoms with Crippen LogP contribution in [0.1, 0.15) is 14.9 Å².